The number of hydrogen-bond acceptors (Lipinski definition) is 3. The number of nitrogens with zero attached hydrogens (tertiary/aromatic N) is 2. The van der Waals surface area contributed by atoms with Gasteiger partial charge in [-0.2, -0.15) is 0 Å². The summed E-state index contributed by atoms with van der Waals surface area (Å²) in [5, 5.41) is 10.3. The van der Waals surface area contributed by atoms with E-state index >= 15 is 0 Å². The molecule has 1 N–H and O–H groups in total. The van der Waals surface area contributed by atoms with Crippen molar-refractivity contribution in [3.05, 3.63) is 0 Å². The Kier molecular flexibility index (Phi) is 4.62. The standard InChI is InChI=1S/C14H26N2O2/c1-15(12-14(18)7-3-4-8-14)11-13(17)16-9-5-2-6-10-16/h18H,2-12H2,1H3. The number of carbonyl (C=O) groups excluding carboxylic acids is 1. The summed E-state index contributed by atoms with van der Waals surface area (Å²) in [5.74, 6) is 0.221. The SMILES string of the molecule is CN(CC(=O)N1CCCCC1)CC1(O)CCCC1. The van der Waals surface area contributed by atoms with Gasteiger partial charge in [-0.15, -0.1) is 0 Å². The Balaban J connectivity index is 1.75. The van der Waals surface area contributed by atoms with Crippen LogP contribution in [0.15, 0.2) is 0 Å². The molecule has 18 heavy (non-hydrogen) atoms. The van der Waals surface area contributed by atoms with Gasteiger partial charge in [0.2, 0.25) is 5.91 Å². The van der Waals surface area contributed by atoms with Crippen molar-refractivity contribution in [1.29, 1.82) is 0 Å². The van der Waals surface area contributed by atoms with E-state index in [9.17, 15) is 9.90 Å². The summed E-state index contributed by atoms with van der Waals surface area (Å²) < 4.78 is 0. The molecule has 4 nitrogen and oxygen atoms in total. The molecule has 0 bridgehead atoms. The molecule has 1 aliphatic carbocycles. The largest absolute Gasteiger partial charge is 0.389 e. The summed E-state index contributed by atoms with van der Waals surface area (Å²) in [5.41, 5.74) is -0.545. The fourth-order valence-corrected chi connectivity index (χ4v) is 3.22. The minimum absolute atomic E-state index is 0.221. The van der Waals surface area contributed by atoms with Crippen molar-refractivity contribution in [3.8, 4) is 0 Å². The van der Waals surface area contributed by atoms with Crippen molar-refractivity contribution in [2.75, 3.05) is 33.2 Å². The van der Waals surface area contributed by atoms with E-state index in [1.807, 2.05) is 16.8 Å². The molecular weight excluding hydrogens is 228 g/mol. The first-order valence-corrected chi connectivity index (χ1v) is 7.28. The van der Waals surface area contributed by atoms with Gasteiger partial charge in [0.15, 0.2) is 0 Å². The Morgan fingerprint density at radius 3 is 2.39 bits per heavy atom. The number of piperidine rings is 1. The van der Waals surface area contributed by atoms with Crippen molar-refractivity contribution >= 4 is 5.91 Å². The summed E-state index contributed by atoms with van der Waals surface area (Å²) in [6.45, 7) is 2.91. The minimum Gasteiger partial charge on any atom is -0.389 e. The second-order valence-corrected chi connectivity index (χ2v) is 6.05. The van der Waals surface area contributed by atoms with E-state index in [1.54, 1.807) is 0 Å². The molecule has 1 aliphatic heterocycles. The van der Waals surface area contributed by atoms with Gasteiger partial charge in [0.05, 0.1) is 12.1 Å². The highest BCUT2D eigenvalue weighted by atomic mass is 16.3. The minimum atomic E-state index is -0.545. The van der Waals surface area contributed by atoms with Crippen molar-refractivity contribution in [3.63, 3.8) is 0 Å². The van der Waals surface area contributed by atoms with Gasteiger partial charge in [0.25, 0.3) is 0 Å². The molecule has 4 heteroatoms. The zero-order chi connectivity index (χ0) is 13.0. The predicted molar refractivity (Wildman–Crippen MR) is 71.3 cm³/mol. The summed E-state index contributed by atoms with van der Waals surface area (Å²) in [6.07, 6.45) is 7.53. The summed E-state index contributed by atoms with van der Waals surface area (Å²) >= 11 is 0. The van der Waals surface area contributed by atoms with Gasteiger partial charge < -0.3 is 10.0 Å². The first-order valence-electron chi connectivity index (χ1n) is 7.28. The van der Waals surface area contributed by atoms with Crippen LogP contribution in [0.5, 0.6) is 0 Å². The average Bonchev–Trinajstić information content (AvgIpc) is 2.76. The molecule has 0 aromatic heterocycles. The number of amides is 1. The van der Waals surface area contributed by atoms with Crippen LogP contribution in [-0.4, -0.2) is 59.6 Å². The van der Waals surface area contributed by atoms with Gasteiger partial charge >= 0.3 is 0 Å². The Bertz CT molecular complexity index is 282. The number of carbonyl (C=O) groups is 1. The maximum Gasteiger partial charge on any atom is 0.236 e. The monoisotopic (exact) mass is 254 g/mol. The van der Waals surface area contributed by atoms with Gasteiger partial charge in [-0.3, -0.25) is 9.69 Å². The highest BCUT2D eigenvalue weighted by Gasteiger charge is 2.32. The first-order chi connectivity index (χ1) is 8.59. The van der Waals surface area contributed by atoms with Gasteiger partial charge in [0.1, 0.15) is 0 Å². The number of aliphatic hydroxyl groups is 1. The van der Waals surface area contributed by atoms with Crippen molar-refractivity contribution in [1.82, 2.24) is 9.80 Å². The lowest BCUT2D eigenvalue weighted by molar-refractivity contribution is -0.133. The fourth-order valence-electron chi connectivity index (χ4n) is 3.22. The van der Waals surface area contributed by atoms with Crippen molar-refractivity contribution in [2.24, 2.45) is 0 Å². The topological polar surface area (TPSA) is 43.8 Å². The van der Waals surface area contributed by atoms with E-state index < -0.39 is 5.60 Å². The van der Waals surface area contributed by atoms with Crippen LogP contribution < -0.4 is 0 Å². The van der Waals surface area contributed by atoms with E-state index in [0.29, 0.717) is 13.1 Å². The number of rotatable bonds is 4. The Morgan fingerprint density at radius 1 is 1.17 bits per heavy atom. The third-order valence-corrected chi connectivity index (χ3v) is 4.21. The molecule has 0 radical (unpaired) electrons. The zero-order valence-corrected chi connectivity index (χ0v) is 11.5. The van der Waals surface area contributed by atoms with Gasteiger partial charge in [0, 0.05) is 19.6 Å². The molecule has 0 aromatic carbocycles. The van der Waals surface area contributed by atoms with Crippen LogP contribution in [0.1, 0.15) is 44.9 Å². The lowest BCUT2D eigenvalue weighted by Crippen LogP contribution is -2.46. The molecule has 2 fully saturated rings. The molecule has 1 heterocycles. The van der Waals surface area contributed by atoms with Gasteiger partial charge in [-0.1, -0.05) is 12.8 Å². The van der Waals surface area contributed by atoms with Crippen LogP contribution in [-0.2, 0) is 4.79 Å². The Hall–Kier alpha value is -0.610. The molecule has 0 spiro atoms. The van der Waals surface area contributed by atoms with Crippen LogP contribution in [0.3, 0.4) is 0 Å². The molecule has 0 atom stereocenters. The van der Waals surface area contributed by atoms with Crippen molar-refractivity contribution in [2.45, 2.75) is 50.5 Å². The maximum atomic E-state index is 12.1. The van der Waals surface area contributed by atoms with Crippen molar-refractivity contribution < 1.29 is 9.90 Å². The second-order valence-electron chi connectivity index (χ2n) is 6.05. The van der Waals surface area contributed by atoms with Crippen LogP contribution >= 0.6 is 0 Å². The van der Waals surface area contributed by atoms with Gasteiger partial charge in [-0.05, 0) is 39.2 Å². The predicted octanol–water partition coefficient (Wildman–Crippen LogP) is 1.24. The lowest BCUT2D eigenvalue weighted by atomic mass is 10.0. The molecule has 0 unspecified atom stereocenters. The van der Waals surface area contributed by atoms with E-state index in [1.165, 1.54) is 6.42 Å². The number of hydrogen-bond donors (Lipinski definition) is 1. The molecule has 0 aromatic rings. The van der Waals surface area contributed by atoms with E-state index in [-0.39, 0.29) is 5.91 Å². The van der Waals surface area contributed by atoms with E-state index in [2.05, 4.69) is 0 Å². The van der Waals surface area contributed by atoms with Crippen LogP contribution in [0.2, 0.25) is 0 Å². The number of likely N-dealkylation sites (tertiary alicyclic amines) is 1. The highest BCUT2D eigenvalue weighted by molar-refractivity contribution is 5.78. The van der Waals surface area contributed by atoms with E-state index in [0.717, 1.165) is 51.6 Å². The maximum absolute atomic E-state index is 12.1. The van der Waals surface area contributed by atoms with E-state index in [4.69, 9.17) is 0 Å². The van der Waals surface area contributed by atoms with Gasteiger partial charge in [-0.25, -0.2) is 0 Å². The third kappa shape index (κ3) is 3.69. The average molecular weight is 254 g/mol. The summed E-state index contributed by atoms with van der Waals surface area (Å²) in [4.78, 5) is 16.0. The molecule has 1 saturated heterocycles. The quantitative estimate of drug-likeness (QED) is 0.821. The lowest BCUT2D eigenvalue weighted by Gasteiger charge is -2.31. The molecule has 1 amide bonds. The van der Waals surface area contributed by atoms with Crippen LogP contribution in [0.4, 0.5) is 0 Å². The molecule has 104 valence electrons. The normalized spacial score (nSPS) is 23.6. The highest BCUT2D eigenvalue weighted by Crippen LogP contribution is 2.29. The first kappa shape index (κ1) is 13.8. The smallest absolute Gasteiger partial charge is 0.236 e. The molecule has 2 aliphatic rings. The fraction of sp³-hybridized carbons (Fsp3) is 0.929. The zero-order valence-electron chi connectivity index (χ0n) is 11.5. The number of likely N-dealkylation sites (N-methyl/N-ethyl adjacent to an activating group) is 1. The molecule has 1 saturated carbocycles. The summed E-state index contributed by atoms with van der Waals surface area (Å²) in [6, 6.07) is 0. The van der Waals surface area contributed by atoms with Crippen LogP contribution in [0, 0.1) is 0 Å². The third-order valence-electron chi connectivity index (χ3n) is 4.21. The second kappa shape index (κ2) is 6.02. The Morgan fingerprint density at radius 2 is 1.78 bits per heavy atom. The summed E-state index contributed by atoms with van der Waals surface area (Å²) in [7, 11) is 1.94. The molecule has 2 rings (SSSR count). The van der Waals surface area contributed by atoms with Crippen LogP contribution in [0.25, 0.3) is 0 Å². The molecular formula is C14H26N2O2. The Labute approximate surface area is 110 Å².